The lowest BCUT2D eigenvalue weighted by molar-refractivity contribution is -0.120. The minimum absolute atomic E-state index is 0.0144. The van der Waals surface area contributed by atoms with Crippen LogP contribution in [0.1, 0.15) is 60.6 Å². The fraction of sp³-hybridized carbons (Fsp3) is 0.400. The second kappa shape index (κ2) is 28.5. The molecule has 5 atom stereocenters. The predicted octanol–water partition coefficient (Wildman–Crippen LogP) is 4.14. The fourth-order valence-electron chi connectivity index (χ4n) is 7.29. The third-order valence-corrected chi connectivity index (χ3v) is 12.2. The molecule has 4 aromatic rings. The molecule has 0 spiro atoms. The molecule has 2 amide bonds. The summed E-state index contributed by atoms with van der Waals surface area (Å²) in [5.74, 6) is 5.18. The van der Waals surface area contributed by atoms with Crippen molar-refractivity contribution < 1.29 is 47.1 Å². The third kappa shape index (κ3) is 15.1. The number of aliphatic imine (C=N–C) groups is 1. The zero-order valence-electron chi connectivity index (χ0n) is 40.5. The lowest BCUT2D eigenvalue weighted by Gasteiger charge is -2.37. The van der Waals surface area contributed by atoms with Crippen LogP contribution < -0.4 is 31.4 Å². The van der Waals surface area contributed by atoms with Crippen LogP contribution in [-0.4, -0.2) is 119 Å². The van der Waals surface area contributed by atoms with Gasteiger partial charge in [-0.15, -0.1) is 0 Å². The Morgan fingerprint density at radius 2 is 1.39 bits per heavy atom. The highest BCUT2D eigenvalue weighted by Crippen LogP contribution is 2.48. The summed E-state index contributed by atoms with van der Waals surface area (Å²) < 4.78 is 52.7. The average molecular weight is 1010 g/mol. The Bertz CT molecular complexity index is 2680. The van der Waals surface area contributed by atoms with Crippen LogP contribution in [0, 0.1) is 45.8 Å². The van der Waals surface area contributed by atoms with Gasteiger partial charge in [0.15, 0.2) is 6.23 Å². The summed E-state index contributed by atoms with van der Waals surface area (Å²) in [5, 5.41) is 32.0. The van der Waals surface area contributed by atoms with E-state index in [-0.39, 0.29) is 76.6 Å². The number of nitriles is 3. The maximum Gasteiger partial charge on any atom is 0.330 e. The molecule has 378 valence electrons. The Hall–Kier alpha value is -7.27. The maximum atomic E-state index is 13.9. The number of carbonyl (C=O) groups excluding carboxylic acids is 2. The van der Waals surface area contributed by atoms with Gasteiger partial charge in [-0.1, -0.05) is 66.4 Å². The highest BCUT2D eigenvalue weighted by atomic mass is 31.2. The molecule has 3 aromatic carbocycles. The molecule has 72 heavy (non-hydrogen) atoms. The second-order valence-corrected chi connectivity index (χ2v) is 17.4. The SMILES string of the molecule is COCCO[C@@H]1[C@H](OP(OCCC#N)N(C)C)[C@@H](COC(c2ccccc2)(c2ccc(OC)cc2)c2ccc(OC)cc2)O[C@H]1n1cc(C#CCN=C(NC(=O)CCC#N)NC(=O)CCC#N)c(=O)[nH]c1=O. The molecule has 1 aromatic heterocycles. The zero-order valence-corrected chi connectivity index (χ0v) is 41.4. The van der Waals surface area contributed by atoms with Crippen LogP contribution in [0.4, 0.5) is 0 Å². The van der Waals surface area contributed by atoms with Crippen molar-refractivity contribution in [3.05, 3.63) is 128 Å². The molecule has 1 saturated heterocycles. The number of aromatic amines is 1. The predicted molar refractivity (Wildman–Crippen MR) is 262 cm³/mol. The van der Waals surface area contributed by atoms with Gasteiger partial charge in [-0.05, 0) is 55.1 Å². The number of nitrogens with zero attached hydrogens (tertiary/aromatic N) is 6. The summed E-state index contributed by atoms with van der Waals surface area (Å²) in [4.78, 5) is 58.5. The van der Waals surface area contributed by atoms with Gasteiger partial charge in [0.2, 0.25) is 17.8 Å². The molecular weight excluding hydrogens is 950 g/mol. The van der Waals surface area contributed by atoms with Gasteiger partial charge in [0.25, 0.3) is 14.1 Å². The molecule has 5 rings (SSSR count). The molecule has 1 aliphatic rings. The van der Waals surface area contributed by atoms with Gasteiger partial charge in [0, 0.05) is 39.0 Å². The van der Waals surface area contributed by atoms with Crippen molar-refractivity contribution in [2.45, 2.75) is 62.2 Å². The molecule has 22 heteroatoms. The number of guanidine groups is 1. The number of hydrogen-bond donors (Lipinski definition) is 3. The molecule has 1 fully saturated rings. The van der Waals surface area contributed by atoms with Gasteiger partial charge in [-0.3, -0.25) is 34.6 Å². The van der Waals surface area contributed by atoms with Gasteiger partial charge in [-0.25, -0.2) is 14.5 Å². The first-order chi connectivity index (χ1) is 34.9. The summed E-state index contributed by atoms with van der Waals surface area (Å²) in [5.41, 5.74) is -0.979. The van der Waals surface area contributed by atoms with Crippen LogP contribution in [-0.2, 0) is 43.2 Å². The largest absolute Gasteiger partial charge is 0.497 e. The molecule has 1 unspecified atom stereocenters. The van der Waals surface area contributed by atoms with Crippen molar-refractivity contribution in [3.63, 3.8) is 0 Å². The maximum absolute atomic E-state index is 13.9. The van der Waals surface area contributed by atoms with E-state index in [9.17, 15) is 24.4 Å². The Kier molecular flexibility index (Phi) is 22.1. The van der Waals surface area contributed by atoms with Gasteiger partial charge in [0.1, 0.15) is 47.5 Å². The lowest BCUT2D eigenvalue weighted by atomic mass is 9.80. The molecule has 3 N–H and O–H groups in total. The standard InChI is InChI=1S/C50H56N9O12P/c1-58(2)72(69-30-12-28-53)71-44-41(34-68-50(36-14-7-6-8-15-36,37-18-22-39(65-4)23-19-37)38-20-24-40(66-5)25-21-38)70-47(45(44)67-32-31-64-3)59-33-35(46(62)57-49(59)63)13-11-29-54-48(55-42(60)16-9-26-51)56-43(61)17-10-27-52/h6-8,14-15,18-25,33,41,44-45,47H,9-10,12,16-17,29-32,34H2,1-5H3,(H,57,62,63)(H2,54,55,56,60,61)/t41-,44-,45-,47-,72?/m1/s1. The van der Waals surface area contributed by atoms with E-state index < -0.39 is 61.7 Å². The minimum atomic E-state index is -1.89. The minimum Gasteiger partial charge on any atom is -0.497 e. The Morgan fingerprint density at radius 1 is 0.806 bits per heavy atom. The van der Waals surface area contributed by atoms with E-state index in [1.54, 1.807) is 33.0 Å². The normalized spacial score (nSPS) is 16.5. The van der Waals surface area contributed by atoms with Crippen molar-refractivity contribution in [2.24, 2.45) is 4.99 Å². The summed E-state index contributed by atoms with van der Waals surface area (Å²) >= 11 is 0. The first-order valence-corrected chi connectivity index (χ1v) is 23.7. The summed E-state index contributed by atoms with van der Waals surface area (Å²) in [7, 11) is 6.27. The first-order valence-electron chi connectivity index (χ1n) is 22.5. The second-order valence-electron chi connectivity index (χ2n) is 15.7. The molecule has 0 radical (unpaired) electrons. The molecule has 1 aliphatic heterocycles. The molecule has 21 nitrogen and oxygen atoms in total. The number of hydrogen-bond acceptors (Lipinski definition) is 17. The zero-order chi connectivity index (χ0) is 51.9. The topological polar surface area (TPSA) is 274 Å². The van der Waals surface area contributed by atoms with E-state index >= 15 is 0 Å². The van der Waals surface area contributed by atoms with Gasteiger partial charge < -0.3 is 37.5 Å². The number of benzene rings is 3. The number of aromatic nitrogens is 2. The van der Waals surface area contributed by atoms with Crippen molar-refractivity contribution >= 4 is 26.3 Å². The number of ether oxygens (including phenoxy) is 6. The number of amides is 2. The Balaban J connectivity index is 1.61. The molecule has 0 aliphatic carbocycles. The fourth-order valence-corrected chi connectivity index (χ4v) is 8.48. The van der Waals surface area contributed by atoms with Crippen molar-refractivity contribution in [1.82, 2.24) is 24.9 Å². The monoisotopic (exact) mass is 1010 g/mol. The van der Waals surface area contributed by atoms with Crippen LogP contribution in [0.2, 0.25) is 0 Å². The van der Waals surface area contributed by atoms with Gasteiger partial charge in [0.05, 0.1) is 65.3 Å². The van der Waals surface area contributed by atoms with Crippen molar-refractivity contribution in [3.8, 4) is 41.5 Å². The van der Waals surface area contributed by atoms with E-state index in [4.69, 9.17) is 48.0 Å². The number of H-pyrrole nitrogens is 1. The van der Waals surface area contributed by atoms with Crippen LogP contribution in [0.5, 0.6) is 11.5 Å². The van der Waals surface area contributed by atoms with E-state index in [1.165, 1.54) is 13.3 Å². The van der Waals surface area contributed by atoms with Crippen LogP contribution in [0.15, 0.2) is 99.6 Å². The first kappa shape index (κ1) is 55.7. The van der Waals surface area contributed by atoms with Gasteiger partial charge in [-0.2, -0.15) is 15.8 Å². The summed E-state index contributed by atoms with van der Waals surface area (Å²) in [6.07, 6.45) is -3.69. The van der Waals surface area contributed by atoms with E-state index in [0.29, 0.717) is 11.5 Å². The lowest BCUT2D eigenvalue weighted by Crippen LogP contribution is -2.43. The molecular formula is C50H56N9O12P. The highest BCUT2D eigenvalue weighted by molar-refractivity contribution is 7.44. The van der Waals surface area contributed by atoms with Crippen molar-refractivity contribution in [2.75, 3.05) is 68.4 Å². The van der Waals surface area contributed by atoms with Crippen LogP contribution in [0.25, 0.3) is 0 Å². The van der Waals surface area contributed by atoms with Gasteiger partial charge >= 0.3 is 5.69 Å². The number of methoxy groups -OCH3 is 3. The summed E-state index contributed by atoms with van der Waals surface area (Å²) in [6.45, 7) is -0.345. The van der Waals surface area contributed by atoms with E-state index in [1.807, 2.05) is 91.0 Å². The number of rotatable bonds is 24. The van der Waals surface area contributed by atoms with Crippen LogP contribution in [0.3, 0.4) is 0 Å². The quantitative estimate of drug-likeness (QED) is 0.0222. The molecule has 0 saturated carbocycles. The molecule has 0 bridgehead atoms. The average Bonchev–Trinajstić information content (AvgIpc) is 3.72. The Labute approximate surface area is 418 Å². The van der Waals surface area contributed by atoms with E-state index in [2.05, 4.69) is 38.5 Å². The van der Waals surface area contributed by atoms with E-state index in [0.717, 1.165) is 21.3 Å². The third-order valence-electron chi connectivity index (χ3n) is 10.7. The van der Waals surface area contributed by atoms with Crippen molar-refractivity contribution in [1.29, 1.82) is 15.8 Å². The molecule has 2 heterocycles. The number of nitrogens with one attached hydrogen (secondary N) is 3. The summed E-state index contributed by atoms with van der Waals surface area (Å²) in [6, 6.07) is 30.3. The highest BCUT2D eigenvalue weighted by Gasteiger charge is 2.51. The smallest absolute Gasteiger partial charge is 0.330 e. The van der Waals surface area contributed by atoms with Crippen LogP contribution >= 0.6 is 8.53 Å². The Morgan fingerprint density at radius 3 is 1.93 bits per heavy atom. The number of carbonyl (C=O) groups is 2.